The van der Waals surface area contributed by atoms with E-state index in [9.17, 15) is 0 Å². The molecule has 0 aliphatic heterocycles. The van der Waals surface area contributed by atoms with E-state index in [1.807, 2.05) is 6.07 Å². The molecule has 0 aliphatic carbocycles. The van der Waals surface area contributed by atoms with Gasteiger partial charge in [0.05, 0.1) is 5.56 Å². The number of aliphatic hydroxyl groups is 1. The second-order valence-electron chi connectivity index (χ2n) is 1.95. The Kier molecular flexibility index (Phi) is 2.64. The highest BCUT2D eigenvalue weighted by Gasteiger charge is 2.02. The molecule has 55 valence electrons. The lowest BCUT2D eigenvalue weighted by Crippen LogP contribution is -1.85. The van der Waals surface area contributed by atoms with Crippen LogP contribution in [0.25, 0.3) is 0 Å². The van der Waals surface area contributed by atoms with Gasteiger partial charge in [0.25, 0.3) is 0 Å². The van der Waals surface area contributed by atoms with Gasteiger partial charge in [-0.2, -0.15) is 5.26 Å². The molecule has 11 heavy (non-hydrogen) atoms. The molecule has 1 rings (SSSR count). The standard InChI is InChI=1S/C8H5BrNO/c9-8-6(4-10)2-1-3-7(8)5-11/h1-3,5,11H. The summed E-state index contributed by atoms with van der Waals surface area (Å²) in [4.78, 5) is 0. The molecule has 0 unspecified atom stereocenters. The average molecular weight is 211 g/mol. The largest absolute Gasteiger partial charge is 0.385 e. The number of benzene rings is 1. The molecule has 0 aromatic heterocycles. The summed E-state index contributed by atoms with van der Waals surface area (Å²) in [5.41, 5.74) is 1.14. The highest BCUT2D eigenvalue weighted by atomic mass is 79.9. The van der Waals surface area contributed by atoms with Gasteiger partial charge in [-0.05, 0) is 27.6 Å². The monoisotopic (exact) mass is 210 g/mol. The van der Waals surface area contributed by atoms with Gasteiger partial charge in [-0.3, -0.25) is 0 Å². The van der Waals surface area contributed by atoms with Gasteiger partial charge < -0.3 is 5.11 Å². The molecule has 3 heteroatoms. The maximum Gasteiger partial charge on any atom is 0.110 e. The van der Waals surface area contributed by atoms with Crippen molar-refractivity contribution in [3.63, 3.8) is 0 Å². The van der Waals surface area contributed by atoms with Gasteiger partial charge in [0.2, 0.25) is 0 Å². The van der Waals surface area contributed by atoms with Gasteiger partial charge in [-0.1, -0.05) is 12.1 Å². The van der Waals surface area contributed by atoms with Crippen LogP contribution in [0.5, 0.6) is 0 Å². The quantitative estimate of drug-likeness (QED) is 0.773. The van der Waals surface area contributed by atoms with E-state index in [0.717, 1.165) is 6.61 Å². The van der Waals surface area contributed by atoms with Crippen LogP contribution in [0.4, 0.5) is 0 Å². The van der Waals surface area contributed by atoms with Gasteiger partial charge in [0.15, 0.2) is 0 Å². The zero-order valence-corrected chi connectivity index (χ0v) is 7.17. The number of nitrogens with zero attached hydrogens (tertiary/aromatic N) is 1. The Bertz CT molecular complexity index is 303. The SMILES string of the molecule is N#Cc1cccc([CH]O)c1Br. The summed E-state index contributed by atoms with van der Waals surface area (Å²) < 4.78 is 0.630. The normalized spacial score (nSPS) is 9.18. The molecule has 1 aromatic carbocycles. The first kappa shape index (κ1) is 8.25. The minimum Gasteiger partial charge on any atom is -0.385 e. The van der Waals surface area contributed by atoms with Crippen molar-refractivity contribution in [1.29, 1.82) is 5.26 Å². The maximum absolute atomic E-state index is 8.67. The molecule has 1 radical (unpaired) electrons. The minimum atomic E-state index is 0.521. The average Bonchev–Trinajstić information content (AvgIpc) is 2.05. The van der Waals surface area contributed by atoms with Crippen molar-refractivity contribution < 1.29 is 5.11 Å². The molecule has 0 bridgehead atoms. The van der Waals surface area contributed by atoms with Gasteiger partial charge in [-0.15, -0.1) is 0 Å². The van der Waals surface area contributed by atoms with Crippen LogP contribution in [0, 0.1) is 17.9 Å². The highest BCUT2D eigenvalue weighted by Crippen LogP contribution is 2.21. The van der Waals surface area contributed by atoms with Crippen molar-refractivity contribution in [2.24, 2.45) is 0 Å². The third-order valence-electron chi connectivity index (χ3n) is 1.29. The number of hydrogen-bond donors (Lipinski definition) is 1. The molecule has 0 spiro atoms. The molecule has 1 N–H and O–H groups in total. The van der Waals surface area contributed by atoms with Gasteiger partial charge in [-0.25, -0.2) is 0 Å². The Morgan fingerprint density at radius 3 is 2.82 bits per heavy atom. The third kappa shape index (κ3) is 1.59. The van der Waals surface area contributed by atoms with Crippen LogP contribution < -0.4 is 0 Å². The Balaban J connectivity index is 3.23. The molecule has 0 atom stereocenters. The van der Waals surface area contributed by atoms with E-state index in [1.54, 1.807) is 18.2 Å². The molecule has 0 fully saturated rings. The molecular weight excluding hydrogens is 206 g/mol. The summed E-state index contributed by atoms with van der Waals surface area (Å²) in [5.74, 6) is 0. The first-order valence-corrected chi connectivity index (χ1v) is 3.75. The molecule has 0 aliphatic rings. The van der Waals surface area contributed by atoms with Crippen molar-refractivity contribution >= 4 is 15.9 Å². The highest BCUT2D eigenvalue weighted by molar-refractivity contribution is 9.10. The summed E-state index contributed by atoms with van der Waals surface area (Å²) in [7, 11) is 0. The first-order chi connectivity index (χ1) is 5.29. The summed E-state index contributed by atoms with van der Waals surface area (Å²) in [6.45, 7) is 0.963. The number of nitriles is 1. The molecule has 0 amide bonds. The number of halogens is 1. The summed E-state index contributed by atoms with van der Waals surface area (Å²) in [5, 5.41) is 17.2. The first-order valence-electron chi connectivity index (χ1n) is 2.95. The molecule has 0 saturated heterocycles. The number of aliphatic hydroxyl groups excluding tert-OH is 1. The van der Waals surface area contributed by atoms with Crippen LogP contribution in [0.2, 0.25) is 0 Å². The lowest BCUT2D eigenvalue weighted by atomic mass is 10.1. The van der Waals surface area contributed by atoms with Crippen LogP contribution in [-0.4, -0.2) is 5.11 Å². The molecule has 0 heterocycles. The van der Waals surface area contributed by atoms with E-state index in [4.69, 9.17) is 10.4 Å². The molecular formula is C8H5BrNO. The third-order valence-corrected chi connectivity index (χ3v) is 2.17. The second-order valence-corrected chi connectivity index (χ2v) is 2.74. The van der Waals surface area contributed by atoms with E-state index >= 15 is 0 Å². The fraction of sp³-hybridized carbons (Fsp3) is 0. The van der Waals surface area contributed by atoms with Gasteiger partial charge in [0.1, 0.15) is 12.7 Å². The predicted octanol–water partition coefficient (Wildman–Crippen LogP) is 2.20. The second kappa shape index (κ2) is 3.51. The molecule has 2 nitrogen and oxygen atoms in total. The zero-order chi connectivity index (χ0) is 8.27. The summed E-state index contributed by atoms with van der Waals surface area (Å²) in [6.07, 6.45) is 0. The van der Waals surface area contributed by atoms with Gasteiger partial charge in [0, 0.05) is 4.47 Å². The lowest BCUT2D eigenvalue weighted by molar-refractivity contribution is 0.414. The predicted molar refractivity (Wildman–Crippen MR) is 44.2 cm³/mol. The smallest absolute Gasteiger partial charge is 0.110 e. The van der Waals surface area contributed by atoms with Crippen LogP contribution in [0.3, 0.4) is 0 Å². The van der Waals surface area contributed by atoms with Gasteiger partial charge >= 0.3 is 0 Å². The lowest BCUT2D eigenvalue weighted by Gasteiger charge is -1.99. The van der Waals surface area contributed by atoms with Crippen molar-refractivity contribution in [2.45, 2.75) is 0 Å². The maximum atomic E-state index is 8.67. The molecule has 0 saturated carbocycles. The topological polar surface area (TPSA) is 44.0 Å². The van der Waals surface area contributed by atoms with Crippen molar-refractivity contribution in [2.75, 3.05) is 0 Å². The van der Waals surface area contributed by atoms with Crippen LogP contribution in [0.15, 0.2) is 22.7 Å². The van der Waals surface area contributed by atoms with Crippen LogP contribution in [-0.2, 0) is 0 Å². The zero-order valence-electron chi connectivity index (χ0n) is 5.58. The Hall–Kier alpha value is -0.850. The van der Waals surface area contributed by atoms with Crippen molar-refractivity contribution in [3.8, 4) is 6.07 Å². The fourth-order valence-electron chi connectivity index (χ4n) is 0.736. The Labute approximate surface area is 73.2 Å². The van der Waals surface area contributed by atoms with E-state index in [1.165, 1.54) is 0 Å². The van der Waals surface area contributed by atoms with Crippen molar-refractivity contribution in [1.82, 2.24) is 0 Å². The Morgan fingerprint density at radius 2 is 2.27 bits per heavy atom. The molecule has 1 aromatic rings. The van der Waals surface area contributed by atoms with Crippen LogP contribution in [0.1, 0.15) is 11.1 Å². The van der Waals surface area contributed by atoms with E-state index < -0.39 is 0 Å². The van der Waals surface area contributed by atoms with E-state index in [-0.39, 0.29) is 0 Å². The van der Waals surface area contributed by atoms with Crippen molar-refractivity contribution in [3.05, 3.63) is 40.4 Å². The fourth-order valence-corrected chi connectivity index (χ4v) is 1.19. The van der Waals surface area contributed by atoms with Crippen LogP contribution >= 0.6 is 15.9 Å². The summed E-state index contributed by atoms with van der Waals surface area (Å²) in [6, 6.07) is 7.10. The number of hydrogen-bond acceptors (Lipinski definition) is 2. The Morgan fingerprint density at radius 1 is 1.55 bits per heavy atom. The van der Waals surface area contributed by atoms with E-state index in [2.05, 4.69) is 15.9 Å². The summed E-state index contributed by atoms with van der Waals surface area (Å²) >= 11 is 3.19. The number of rotatable bonds is 1. The van der Waals surface area contributed by atoms with E-state index in [0.29, 0.717) is 15.6 Å². The minimum absolute atomic E-state index is 0.521.